The maximum atomic E-state index is 11.5. The number of rotatable bonds is 3. The van der Waals surface area contributed by atoms with E-state index in [1.54, 1.807) is 0 Å². The van der Waals surface area contributed by atoms with Gasteiger partial charge in [0.1, 0.15) is 18.3 Å². The molecule has 118 valence electrons. The molecule has 1 aliphatic rings. The number of hydrogen-bond donors (Lipinski definition) is 5. The summed E-state index contributed by atoms with van der Waals surface area (Å²) in [6, 6.07) is 0. The Morgan fingerprint density at radius 2 is 2.09 bits per heavy atom. The number of aliphatic hydroxyl groups excluding tert-OH is 3. The number of aromatic nitrogens is 4. The lowest BCUT2D eigenvalue weighted by atomic mass is 10.1. The third kappa shape index (κ3) is 1.99. The Bertz CT molecular complexity index is 733. The van der Waals surface area contributed by atoms with Crippen LogP contribution in [0.3, 0.4) is 0 Å². The summed E-state index contributed by atoms with van der Waals surface area (Å²) in [6.07, 6.45) is -3.40. The number of ether oxygens (including phenoxy) is 1. The van der Waals surface area contributed by atoms with Crippen molar-refractivity contribution in [3.8, 4) is 0 Å². The Hall–Kier alpha value is -2.34. The maximum Gasteiger partial charge on any atom is 0.251 e. The fraction of sp³-hybridized carbons (Fsp3) is 0.455. The number of nitrogens with two attached hydrogens (primary N) is 2. The Labute approximate surface area is 123 Å². The molecule has 0 aliphatic carbocycles. The number of carbonyl (C=O) groups excluding carboxylic acids is 1. The van der Waals surface area contributed by atoms with E-state index in [-0.39, 0.29) is 22.4 Å². The summed E-state index contributed by atoms with van der Waals surface area (Å²) in [5.74, 6) is -0.818. The Balaban J connectivity index is 2.16. The number of anilines is 1. The van der Waals surface area contributed by atoms with Gasteiger partial charge >= 0.3 is 0 Å². The van der Waals surface area contributed by atoms with Gasteiger partial charge in [0, 0.05) is 6.20 Å². The zero-order valence-electron chi connectivity index (χ0n) is 11.2. The summed E-state index contributed by atoms with van der Waals surface area (Å²) in [4.78, 5) is 11.5. The van der Waals surface area contributed by atoms with E-state index in [0.29, 0.717) is 0 Å². The van der Waals surface area contributed by atoms with Gasteiger partial charge in [-0.2, -0.15) is 0 Å². The summed E-state index contributed by atoms with van der Waals surface area (Å²) >= 11 is 0. The standard InChI is InChI=1S/C11H14N6O5/c12-8-5-3(9(13)21)1-17(10(5)15-16-14-8)11-7(20)6(19)4(2-18)22-11/h1,4,6-7,11,18-20H,2H2,(H2,13,21)(H2,12,14,15)/t4-,6-,7-,11-/m1/s1. The van der Waals surface area contributed by atoms with Gasteiger partial charge < -0.3 is 36.1 Å². The monoisotopic (exact) mass is 310 g/mol. The van der Waals surface area contributed by atoms with Gasteiger partial charge in [0.15, 0.2) is 17.7 Å². The summed E-state index contributed by atoms with van der Waals surface area (Å²) in [6.45, 7) is -0.480. The minimum absolute atomic E-state index is 0.0349. The highest BCUT2D eigenvalue weighted by Crippen LogP contribution is 2.34. The minimum Gasteiger partial charge on any atom is -0.394 e. The number of nitrogen functional groups attached to an aromatic ring is 1. The number of primary amides is 1. The van der Waals surface area contributed by atoms with Crippen LogP contribution in [-0.2, 0) is 4.74 Å². The third-order valence-corrected chi connectivity index (χ3v) is 3.61. The van der Waals surface area contributed by atoms with Crippen LogP contribution in [0.15, 0.2) is 6.20 Å². The van der Waals surface area contributed by atoms with E-state index < -0.39 is 37.1 Å². The molecule has 0 aromatic carbocycles. The molecule has 1 amide bonds. The van der Waals surface area contributed by atoms with Crippen molar-refractivity contribution >= 4 is 22.8 Å². The number of amides is 1. The van der Waals surface area contributed by atoms with Crippen molar-refractivity contribution in [3.05, 3.63) is 11.8 Å². The van der Waals surface area contributed by atoms with Crippen LogP contribution in [0.2, 0.25) is 0 Å². The molecule has 0 spiro atoms. The average molecular weight is 310 g/mol. The molecule has 1 saturated heterocycles. The SMILES string of the molecule is NC(=O)c1cn([C@@H]2O[C@H](CO)[C@@H](O)[C@H]2O)c2nnnc(N)c12. The summed E-state index contributed by atoms with van der Waals surface area (Å²) in [5.41, 5.74) is 11.2. The van der Waals surface area contributed by atoms with Gasteiger partial charge in [-0.15, -0.1) is 10.2 Å². The van der Waals surface area contributed by atoms with Gasteiger partial charge in [0.2, 0.25) is 0 Å². The summed E-state index contributed by atoms with van der Waals surface area (Å²) in [5, 5.41) is 40.0. The van der Waals surface area contributed by atoms with Crippen molar-refractivity contribution in [2.45, 2.75) is 24.5 Å². The third-order valence-electron chi connectivity index (χ3n) is 3.61. The molecular weight excluding hydrogens is 296 g/mol. The van der Waals surface area contributed by atoms with Gasteiger partial charge in [-0.05, 0) is 5.21 Å². The van der Waals surface area contributed by atoms with Crippen LogP contribution in [0.1, 0.15) is 16.6 Å². The predicted octanol–water partition coefficient (Wildman–Crippen LogP) is -2.88. The molecule has 1 aliphatic heterocycles. The van der Waals surface area contributed by atoms with Crippen molar-refractivity contribution in [1.82, 2.24) is 20.0 Å². The number of aliphatic hydroxyl groups is 3. The van der Waals surface area contributed by atoms with Crippen LogP contribution in [0.25, 0.3) is 11.0 Å². The van der Waals surface area contributed by atoms with Crippen LogP contribution >= 0.6 is 0 Å². The molecule has 11 heteroatoms. The van der Waals surface area contributed by atoms with E-state index in [4.69, 9.17) is 21.3 Å². The van der Waals surface area contributed by atoms with E-state index in [0.717, 1.165) is 0 Å². The summed E-state index contributed by atoms with van der Waals surface area (Å²) < 4.78 is 6.68. The predicted molar refractivity (Wildman–Crippen MR) is 71.3 cm³/mol. The molecule has 2 aromatic rings. The van der Waals surface area contributed by atoms with E-state index >= 15 is 0 Å². The van der Waals surface area contributed by atoms with Crippen LogP contribution in [0.5, 0.6) is 0 Å². The Morgan fingerprint density at radius 1 is 1.36 bits per heavy atom. The van der Waals surface area contributed by atoms with Crippen molar-refractivity contribution < 1.29 is 24.9 Å². The molecule has 0 unspecified atom stereocenters. The second kappa shape index (κ2) is 5.14. The molecule has 2 aromatic heterocycles. The molecule has 0 radical (unpaired) electrons. The molecule has 3 rings (SSSR count). The van der Waals surface area contributed by atoms with Crippen LogP contribution < -0.4 is 11.5 Å². The first kappa shape index (κ1) is 14.6. The highest BCUT2D eigenvalue weighted by molar-refractivity contribution is 6.08. The number of nitrogens with zero attached hydrogens (tertiary/aromatic N) is 4. The van der Waals surface area contributed by atoms with Gasteiger partial charge in [0.05, 0.1) is 17.6 Å². The molecule has 1 fully saturated rings. The summed E-state index contributed by atoms with van der Waals surface area (Å²) in [7, 11) is 0. The highest BCUT2D eigenvalue weighted by atomic mass is 16.6. The van der Waals surface area contributed by atoms with E-state index in [2.05, 4.69) is 15.4 Å². The van der Waals surface area contributed by atoms with Gasteiger partial charge in [-0.25, -0.2) is 0 Å². The smallest absolute Gasteiger partial charge is 0.251 e. The molecule has 0 bridgehead atoms. The van der Waals surface area contributed by atoms with Crippen molar-refractivity contribution in [2.75, 3.05) is 12.3 Å². The zero-order chi connectivity index (χ0) is 16.0. The highest BCUT2D eigenvalue weighted by Gasteiger charge is 2.44. The molecule has 4 atom stereocenters. The molecule has 3 heterocycles. The Kier molecular flexibility index (Phi) is 3.41. The van der Waals surface area contributed by atoms with Crippen LogP contribution in [0, 0.1) is 0 Å². The number of fused-ring (bicyclic) bond motifs is 1. The van der Waals surface area contributed by atoms with Gasteiger partial charge in [0.25, 0.3) is 5.91 Å². The first-order valence-corrected chi connectivity index (χ1v) is 6.37. The topological polar surface area (TPSA) is 183 Å². The Morgan fingerprint density at radius 3 is 2.68 bits per heavy atom. The maximum absolute atomic E-state index is 11.5. The fourth-order valence-electron chi connectivity index (χ4n) is 2.52. The molecule has 22 heavy (non-hydrogen) atoms. The lowest BCUT2D eigenvalue weighted by Crippen LogP contribution is -2.33. The van der Waals surface area contributed by atoms with Crippen LogP contribution in [0.4, 0.5) is 5.82 Å². The molecule has 11 nitrogen and oxygen atoms in total. The van der Waals surface area contributed by atoms with E-state index in [9.17, 15) is 15.0 Å². The first-order chi connectivity index (χ1) is 10.5. The average Bonchev–Trinajstić information content (AvgIpc) is 3.00. The largest absolute Gasteiger partial charge is 0.394 e. The van der Waals surface area contributed by atoms with Crippen molar-refractivity contribution in [3.63, 3.8) is 0 Å². The van der Waals surface area contributed by atoms with E-state index in [1.807, 2.05) is 0 Å². The van der Waals surface area contributed by atoms with Crippen molar-refractivity contribution in [2.24, 2.45) is 5.73 Å². The second-order valence-corrected chi connectivity index (χ2v) is 4.92. The lowest BCUT2D eigenvalue weighted by molar-refractivity contribution is -0.0509. The lowest BCUT2D eigenvalue weighted by Gasteiger charge is -2.16. The molecular formula is C11H14N6O5. The zero-order valence-corrected chi connectivity index (χ0v) is 11.2. The molecule has 0 saturated carbocycles. The fourth-order valence-corrected chi connectivity index (χ4v) is 2.52. The van der Waals surface area contributed by atoms with Gasteiger partial charge in [-0.3, -0.25) is 4.79 Å². The molecule has 7 N–H and O–H groups in total. The van der Waals surface area contributed by atoms with Crippen LogP contribution in [-0.4, -0.2) is 66.1 Å². The minimum atomic E-state index is -1.34. The quantitative estimate of drug-likeness (QED) is 0.397. The number of carbonyl (C=O) groups is 1. The normalized spacial score (nSPS) is 28.3. The van der Waals surface area contributed by atoms with Crippen molar-refractivity contribution in [1.29, 1.82) is 0 Å². The first-order valence-electron chi connectivity index (χ1n) is 6.37. The van der Waals surface area contributed by atoms with Gasteiger partial charge in [-0.1, -0.05) is 0 Å². The number of hydrogen-bond acceptors (Lipinski definition) is 9. The van der Waals surface area contributed by atoms with E-state index in [1.165, 1.54) is 10.8 Å². The second-order valence-electron chi connectivity index (χ2n) is 4.92.